The molecule has 1 aliphatic rings. The van der Waals surface area contributed by atoms with E-state index < -0.39 is 67.0 Å². The van der Waals surface area contributed by atoms with Crippen molar-refractivity contribution < 1.29 is 61.9 Å². The van der Waals surface area contributed by atoms with Crippen LogP contribution in [0.5, 0.6) is 0 Å². The lowest BCUT2D eigenvalue weighted by molar-refractivity contribution is -0.772. The van der Waals surface area contributed by atoms with Crippen LogP contribution in [0.3, 0.4) is 0 Å². The quantitative estimate of drug-likeness (QED) is 0.208. The van der Waals surface area contributed by atoms with Crippen molar-refractivity contribution in [3.05, 3.63) is 11.6 Å². The van der Waals surface area contributed by atoms with Gasteiger partial charge in [0.05, 0.1) is 13.0 Å². The standard InChI is InChI=1S/C25H36N3O12/c1-7-35-25(34)28-24(26-20-11-9-8-10-12-27(20)28)23(40-18(6)33)22(39-17(5)32)21(38-16(4)31)19(37-15(3)30)13-36-14(2)29/h19,21-23H,7-13H2,1-6H3/q+1/t19-,21-,22-,23+/m1/s1. The number of aryl methyl sites for hydroxylation is 1. The zero-order valence-electron chi connectivity index (χ0n) is 23.5. The number of aromatic nitrogens is 3. The third-order valence-corrected chi connectivity index (χ3v) is 5.62. The van der Waals surface area contributed by atoms with Crippen molar-refractivity contribution in [2.24, 2.45) is 0 Å². The summed E-state index contributed by atoms with van der Waals surface area (Å²) in [6.07, 6.45) is -4.53. The molecule has 1 aromatic rings. The molecule has 0 unspecified atom stereocenters. The van der Waals surface area contributed by atoms with E-state index in [0.717, 1.165) is 58.6 Å². The van der Waals surface area contributed by atoms with E-state index in [4.69, 9.17) is 28.4 Å². The van der Waals surface area contributed by atoms with Crippen LogP contribution < -0.4 is 4.68 Å². The fraction of sp³-hybridized carbons (Fsp3) is 0.680. The molecule has 0 saturated carbocycles. The van der Waals surface area contributed by atoms with Gasteiger partial charge in [0.2, 0.25) is 6.10 Å². The van der Waals surface area contributed by atoms with Crippen LogP contribution >= 0.6 is 0 Å². The minimum atomic E-state index is -1.72. The van der Waals surface area contributed by atoms with Crippen LogP contribution in [-0.2, 0) is 65.4 Å². The highest BCUT2D eigenvalue weighted by Gasteiger charge is 2.50. The van der Waals surface area contributed by atoms with E-state index in [-0.39, 0.29) is 12.4 Å². The molecule has 2 heterocycles. The first kappa shape index (κ1) is 32.2. The van der Waals surface area contributed by atoms with E-state index in [9.17, 15) is 28.8 Å². The van der Waals surface area contributed by atoms with Crippen LogP contribution in [0.15, 0.2) is 0 Å². The molecule has 2 rings (SSSR count). The van der Waals surface area contributed by atoms with Crippen molar-refractivity contribution in [1.82, 2.24) is 9.67 Å². The van der Waals surface area contributed by atoms with Crippen LogP contribution in [-0.4, -0.2) is 77.1 Å². The van der Waals surface area contributed by atoms with Gasteiger partial charge in [-0.05, 0) is 31.2 Å². The van der Waals surface area contributed by atoms with Crippen LogP contribution in [0.4, 0.5) is 4.79 Å². The predicted octanol–water partition coefficient (Wildman–Crippen LogP) is 0.864. The zero-order valence-corrected chi connectivity index (χ0v) is 23.5. The van der Waals surface area contributed by atoms with E-state index in [0.29, 0.717) is 18.8 Å². The number of esters is 5. The van der Waals surface area contributed by atoms with E-state index in [1.165, 1.54) is 0 Å². The van der Waals surface area contributed by atoms with Gasteiger partial charge in [0.1, 0.15) is 13.2 Å². The highest BCUT2D eigenvalue weighted by molar-refractivity contribution is 5.71. The summed E-state index contributed by atoms with van der Waals surface area (Å²) >= 11 is 0. The molecule has 0 saturated heterocycles. The van der Waals surface area contributed by atoms with Gasteiger partial charge in [-0.15, -0.1) is 4.68 Å². The summed E-state index contributed by atoms with van der Waals surface area (Å²) in [5.41, 5.74) is 0. The lowest BCUT2D eigenvalue weighted by Crippen LogP contribution is -2.53. The summed E-state index contributed by atoms with van der Waals surface area (Å²) in [5, 5.41) is 0. The van der Waals surface area contributed by atoms with Crippen LogP contribution in [0.1, 0.15) is 78.6 Å². The van der Waals surface area contributed by atoms with Crippen molar-refractivity contribution in [3.8, 4) is 0 Å². The van der Waals surface area contributed by atoms with Gasteiger partial charge in [-0.25, -0.2) is 4.79 Å². The second-order valence-electron chi connectivity index (χ2n) is 8.96. The zero-order chi connectivity index (χ0) is 30.0. The number of fused-ring (bicyclic) bond motifs is 1. The molecule has 4 atom stereocenters. The average Bonchev–Trinajstić information content (AvgIpc) is 3.04. The smallest absolute Gasteiger partial charge is 0.453 e. The van der Waals surface area contributed by atoms with Gasteiger partial charge in [0.15, 0.2) is 18.3 Å². The topological polar surface area (TPSA) is 180 Å². The fourth-order valence-electron chi connectivity index (χ4n) is 4.27. The van der Waals surface area contributed by atoms with Gasteiger partial charge in [-0.3, -0.25) is 24.0 Å². The van der Waals surface area contributed by atoms with Crippen molar-refractivity contribution in [3.63, 3.8) is 0 Å². The monoisotopic (exact) mass is 570 g/mol. The number of hydrogen-bond donors (Lipinski definition) is 0. The Bertz CT molecular complexity index is 1110. The molecule has 0 spiro atoms. The van der Waals surface area contributed by atoms with E-state index >= 15 is 0 Å². The van der Waals surface area contributed by atoms with Gasteiger partial charge in [-0.2, -0.15) is 0 Å². The molecule has 0 fully saturated rings. The molecule has 0 radical (unpaired) electrons. The fourth-order valence-corrected chi connectivity index (χ4v) is 4.27. The molecular formula is C25H36N3O12+. The van der Waals surface area contributed by atoms with Crippen molar-refractivity contribution in [1.29, 1.82) is 0 Å². The third kappa shape index (κ3) is 9.02. The van der Waals surface area contributed by atoms with Gasteiger partial charge >= 0.3 is 47.6 Å². The molecule has 222 valence electrons. The van der Waals surface area contributed by atoms with Crippen LogP contribution in [0.2, 0.25) is 0 Å². The molecule has 40 heavy (non-hydrogen) atoms. The van der Waals surface area contributed by atoms with Gasteiger partial charge in [-0.1, -0.05) is 4.68 Å². The maximum absolute atomic E-state index is 13.2. The first-order valence-electron chi connectivity index (χ1n) is 12.9. The Morgan fingerprint density at radius 2 is 1.38 bits per heavy atom. The maximum atomic E-state index is 13.2. The SMILES string of the molecule is CCOC(=O)n1c([C@@H](OC(C)=O)[C@H](OC(C)=O)[C@H](OC(C)=O)[C@@H](COC(C)=O)OC(C)=O)nc2[n+]1CCCCC2. The largest absolute Gasteiger partial charge is 0.462 e. The first-order chi connectivity index (χ1) is 18.8. The maximum Gasteiger partial charge on any atom is 0.453 e. The highest BCUT2D eigenvalue weighted by atomic mass is 16.6. The first-order valence-corrected chi connectivity index (χ1v) is 12.9. The molecule has 1 aromatic heterocycles. The summed E-state index contributed by atoms with van der Waals surface area (Å²) in [5.74, 6) is -3.90. The number of carbonyl (C=O) groups excluding carboxylic acids is 6. The van der Waals surface area contributed by atoms with Crippen molar-refractivity contribution in [2.75, 3.05) is 13.2 Å². The summed E-state index contributed by atoms with van der Waals surface area (Å²) in [6.45, 7) is 6.77. The van der Waals surface area contributed by atoms with Crippen LogP contribution in [0.25, 0.3) is 0 Å². The minimum absolute atomic E-state index is 0.0182. The number of nitrogens with zero attached hydrogens (tertiary/aromatic N) is 3. The van der Waals surface area contributed by atoms with E-state index in [1.807, 2.05) is 0 Å². The van der Waals surface area contributed by atoms with Gasteiger partial charge in [0, 0.05) is 34.6 Å². The van der Waals surface area contributed by atoms with Crippen molar-refractivity contribution >= 4 is 35.9 Å². The predicted molar refractivity (Wildman–Crippen MR) is 130 cm³/mol. The summed E-state index contributed by atoms with van der Waals surface area (Å²) in [4.78, 5) is 78.1. The Kier molecular flexibility index (Phi) is 12.0. The Morgan fingerprint density at radius 3 is 1.93 bits per heavy atom. The Labute approximate surface area is 231 Å². The number of carbonyl (C=O) groups is 6. The molecule has 1 aliphatic heterocycles. The van der Waals surface area contributed by atoms with E-state index in [2.05, 4.69) is 4.98 Å². The highest BCUT2D eigenvalue weighted by Crippen LogP contribution is 2.30. The molecular weight excluding hydrogens is 534 g/mol. The average molecular weight is 571 g/mol. The lowest BCUT2D eigenvalue weighted by atomic mass is 10.0. The van der Waals surface area contributed by atoms with Crippen molar-refractivity contribution in [2.45, 2.75) is 98.2 Å². The second kappa shape index (κ2) is 14.9. The molecule has 0 aromatic carbocycles. The van der Waals surface area contributed by atoms with Gasteiger partial charge < -0.3 is 28.4 Å². The number of rotatable bonds is 11. The summed E-state index contributed by atoms with van der Waals surface area (Å²) in [7, 11) is 0. The molecule has 15 nitrogen and oxygen atoms in total. The molecule has 0 bridgehead atoms. The third-order valence-electron chi connectivity index (χ3n) is 5.62. The minimum Gasteiger partial charge on any atom is -0.462 e. The van der Waals surface area contributed by atoms with Gasteiger partial charge in [0.25, 0.3) is 0 Å². The molecule has 0 N–H and O–H groups in total. The molecule has 0 amide bonds. The number of ether oxygens (including phenoxy) is 6. The molecule has 15 heteroatoms. The Balaban J connectivity index is 2.81. The second-order valence-corrected chi connectivity index (χ2v) is 8.96. The molecule has 0 aliphatic carbocycles. The summed E-state index contributed by atoms with van der Waals surface area (Å²) < 4.78 is 34.7. The Morgan fingerprint density at radius 1 is 0.775 bits per heavy atom. The lowest BCUT2D eigenvalue weighted by Gasteiger charge is -2.34. The Hall–Kier alpha value is -4.04. The van der Waals surface area contributed by atoms with E-state index in [1.54, 1.807) is 11.6 Å². The summed E-state index contributed by atoms with van der Waals surface area (Å²) in [6, 6.07) is 0. The van der Waals surface area contributed by atoms with Crippen LogP contribution in [0, 0.1) is 0 Å². The number of hydrogen-bond acceptors (Lipinski definition) is 13. The normalized spacial score (nSPS) is 15.7.